The first-order valence-corrected chi connectivity index (χ1v) is 4.80. The Morgan fingerprint density at radius 3 is 2.79 bits per heavy atom. The molecule has 0 radical (unpaired) electrons. The van der Waals surface area contributed by atoms with Crippen LogP contribution in [0.4, 0.5) is 0 Å². The molecule has 2 rings (SSSR count). The number of nitrogens with zero attached hydrogens (tertiary/aromatic N) is 1. The number of hydrogen-bond donors (Lipinski definition) is 0. The summed E-state index contributed by atoms with van der Waals surface area (Å²) in [5.41, 5.74) is 4.94. The van der Waals surface area contributed by atoms with Crippen molar-refractivity contribution in [2.45, 2.75) is 20.3 Å². The van der Waals surface area contributed by atoms with Crippen molar-refractivity contribution in [1.29, 1.82) is 0 Å². The first kappa shape index (κ1) is 9.00. The lowest BCUT2D eigenvalue weighted by Crippen LogP contribution is -1.86. The molecule has 0 spiro atoms. The fourth-order valence-electron chi connectivity index (χ4n) is 1.58. The zero-order chi connectivity index (χ0) is 9.97. The fourth-order valence-corrected chi connectivity index (χ4v) is 1.58. The molecule has 0 amide bonds. The Morgan fingerprint density at radius 2 is 2.14 bits per heavy atom. The van der Waals surface area contributed by atoms with Crippen LogP contribution in [0.2, 0.25) is 0 Å². The number of hydrogen-bond acceptors (Lipinski definition) is 2. The van der Waals surface area contributed by atoms with Crippen LogP contribution in [0, 0.1) is 6.92 Å². The standard InChI is InChI=1S/C12H13NO/c1-3-10-6-11(5-4-9(10)2)12-7-13-14-8-12/h4-8H,3H2,1-2H3. The summed E-state index contributed by atoms with van der Waals surface area (Å²) in [6.07, 6.45) is 4.47. The lowest BCUT2D eigenvalue weighted by atomic mass is 10.0. The molecule has 0 fully saturated rings. The van der Waals surface area contributed by atoms with Crippen LogP contribution in [0.1, 0.15) is 18.1 Å². The molecule has 0 saturated carbocycles. The summed E-state index contributed by atoms with van der Waals surface area (Å²) in [5.74, 6) is 0. The molecule has 0 bridgehead atoms. The van der Waals surface area contributed by atoms with E-state index in [-0.39, 0.29) is 0 Å². The molecular formula is C12H13NO. The average molecular weight is 187 g/mol. The molecule has 14 heavy (non-hydrogen) atoms. The van der Waals surface area contributed by atoms with Gasteiger partial charge in [-0.05, 0) is 30.0 Å². The first-order chi connectivity index (χ1) is 6.81. The van der Waals surface area contributed by atoms with Crippen LogP contribution in [0.3, 0.4) is 0 Å². The smallest absolute Gasteiger partial charge is 0.131 e. The Bertz CT molecular complexity index is 418. The van der Waals surface area contributed by atoms with E-state index in [1.54, 1.807) is 12.5 Å². The second kappa shape index (κ2) is 3.66. The maximum absolute atomic E-state index is 4.82. The van der Waals surface area contributed by atoms with Crippen molar-refractivity contribution in [1.82, 2.24) is 5.16 Å². The van der Waals surface area contributed by atoms with Gasteiger partial charge in [0.2, 0.25) is 0 Å². The third-order valence-electron chi connectivity index (χ3n) is 2.50. The van der Waals surface area contributed by atoms with E-state index in [2.05, 4.69) is 37.2 Å². The molecule has 2 nitrogen and oxygen atoms in total. The highest BCUT2D eigenvalue weighted by Gasteiger charge is 2.02. The Hall–Kier alpha value is -1.57. The second-order valence-corrected chi connectivity index (χ2v) is 3.41. The van der Waals surface area contributed by atoms with Gasteiger partial charge in [-0.3, -0.25) is 0 Å². The van der Waals surface area contributed by atoms with Crippen LogP contribution in [-0.4, -0.2) is 5.16 Å². The Labute approximate surface area is 83.5 Å². The first-order valence-electron chi connectivity index (χ1n) is 4.80. The van der Waals surface area contributed by atoms with E-state index < -0.39 is 0 Å². The molecule has 0 aliphatic rings. The molecule has 2 heteroatoms. The van der Waals surface area contributed by atoms with E-state index >= 15 is 0 Å². The monoisotopic (exact) mass is 187 g/mol. The second-order valence-electron chi connectivity index (χ2n) is 3.41. The molecule has 2 aromatic rings. The molecule has 0 atom stereocenters. The van der Waals surface area contributed by atoms with Crippen molar-refractivity contribution in [2.75, 3.05) is 0 Å². The highest BCUT2D eigenvalue weighted by molar-refractivity contribution is 5.62. The molecule has 1 aromatic carbocycles. The van der Waals surface area contributed by atoms with E-state index in [9.17, 15) is 0 Å². The summed E-state index contributed by atoms with van der Waals surface area (Å²) in [5, 5.41) is 3.70. The zero-order valence-electron chi connectivity index (χ0n) is 8.45. The van der Waals surface area contributed by atoms with Gasteiger partial charge in [-0.2, -0.15) is 0 Å². The molecular weight excluding hydrogens is 174 g/mol. The average Bonchev–Trinajstić information content (AvgIpc) is 2.71. The highest BCUT2D eigenvalue weighted by Crippen LogP contribution is 2.21. The third-order valence-corrected chi connectivity index (χ3v) is 2.50. The highest BCUT2D eigenvalue weighted by atomic mass is 16.5. The van der Waals surface area contributed by atoms with Gasteiger partial charge in [0, 0.05) is 5.56 Å². The molecule has 72 valence electrons. The lowest BCUT2D eigenvalue weighted by Gasteiger charge is -2.04. The van der Waals surface area contributed by atoms with Gasteiger partial charge in [-0.25, -0.2) is 0 Å². The summed E-state index contributed by atoms with van der Waals surface area (Å²) in [6, 6.07) is 6.43. The van der Waals surface area contributed by atoms with E-state index in [0.717, 1.165) is 12.0 Å². The minimum atomic E-state index is 1.04. The van der Waals surface area contributed by atoms with E-state index in [0.29, 0.717) is 0 Å². The van der Waals surface area contributed by atoms with Crippen LogP contribution in [0.15, 0.2) is 35.2 Å². The Kier molecular flexibility index (Phi) is 2.35. The maximum Gasteiger partial charge on any atom is 0.131 e. The molecule has 0 unspecified atom stereocenters. The summed E-state index contributed by atoms with van der Waals surface area (Å²) >= 11 is 0. The van der Waals surface area contributed by atoms with Gasteiger partial charge in [0.1, 0.15) is 6.26 Å². The van der Waals surface area contributed by atoms with Crippen molar-refractivity contribution in [3.63, 3.8) is 0 Å². The van der Waals surface area contributed by atoms with Gasteiger partial charge in [0.25, 0.3) is 0 Å². The Balaban J connectivity index is 2.46. The number of aryl methyl sites for hydroxylation is 2. The van der Waals surface area contributed by atoms with Gasteiger partial charge >= 0.3 is 0 Å². The molecule has 1 heterocycles. The summed E-state index contributed by atoms with van der Waals surface area (Å²) in [6.45, 7) is 4.30. The molecule has 0 saturated heterocycles. The van der Waals surface area contributed by atoms with Crippen LogP contribution in [0.5, 0.6) is 0 Å². The number of benzene rings is 1. The van der Waals surface area contributed by atoms with Gasteiger partial charge < -0.3 is 4.52 Å². The molecule has 0 aliphatic heterocycles. The van der Waals surface area contributed by atoms with Crippen molar-refractivity contribution < 1.29 is 4.52 Å². The van der Waals surface area contributed by atoms with Crippen molar-refractivity contribution in [2.24, 2.45) is 0 Å². The van der Waals surface area contributed by atoms with E-state index in [1.165, 1.54) is 16.7 Å². The zero-order valence-corrected chi connectivity index (χ0v) is 8.45. The van der Waals surface area contributed by atoms with Gasteiger partial charge in [-0.1, -0.05) is 30.3 Å². The van der Waals surface area contributed by atoms with Crippen LogP contribution < -0.4 is 0 Å². The van der Waals surface area contributed by atoms with Crippen LogP contribution in [-0.2, 0) is 6.42 Å². The minimum absolute atomic E-state index is 1.04. The summed E-state index contributed by atoms with van der Waals surface area (Å²) in [4.78, 5) is 0. The fraction of sp³-hybridized carbons (Fsp3) is 0.250. The largest absolute Gasteiger partial charge is 0.364 e. The predicted octanol–water partition coefficient (Wildman–Crippen LogP) is 3.21. The van der Waals surface area contributed by atoms with Crippen molar-refractivity contribution >= 4 is 0 Å². The summed E-state index contributed by atoms with van der Waals surface area (Å²) in [7, 11) is 0. The Morgan fingerprint density at radius 1 is 1.29 bits per heavy atom. The normalized spacial score (nSPS) is 10.4. The maximum atomic E-state index is 4.82. The van der Waals surface area contributed by atoms with Crippen molar-refractivity contribution in [3.8, 4) is 11.1 Å². The quantitative estimate of drug-likeness (QED) is 0.721. The van der Waals surface area contributed by atoms with Crippen LogP contribution >= 0.6 is 0 Å². The molecule has 1 aromatic heterocycles. The predicted molar refractivity (Wildman–Crippen MR) is 56.1 cm³/mol. The molecule has 0 N–H and O–H groups in total. The SMILES string of the molecule is CCc1cc(-c2cnoc2)ccc1C. The third kappa shape index (κ3) is 1.55. The topological polar surface area (TPSA) is 26.0 Å². The van der Waals surface area contributed by atoms with E-state index in [4.69, 9.17) is 4.52 Å². The van der Waals surface area contributed by atoms with E-state index in [1.807, 2.05) is 0 Å². The van der Waals surface area contributed by atoms with Gasteiger partial charge in [0.15, 0.2) is 0 Å². The molecule has 0 aliphatic carbocycles. The van der Waals surface area contributed by atoms with Crippen molar-refractivity contribution in [3.05, 3.63) is 41.8 Å². The van der Waals surface area contributed by atoms with Crippen LogP contribution in [0.25, 0.3) is 11.1 Å². The van der Waals surface area contributed by atoms with Gasteiger partial charge in [-0.15, -0.1) is 0 Å². The van der Waals surface area contributed by atoms with Gasteiger partial charge in [0.05, 0.1) is 6.20 Å². The summed E-state index contributed by atoms with van der Waals surface area (Å²) < 4.78 is 4.82. The number of rotatable bonds is 2. The lowest BCUT2D eigenvalue weighted by molar-refractivity contribution is 0.420. The minimum Gasteiger partial charge on any atom is -0.364 e. The number of aromatic nitrogens is 1.